The van der Waals surface area contributed by atoms with Gasteiger partial charge in [0, 0.05) is 12.1 Å². The Hall–Kier alpha value is -3.35. The molecule has 0 saturated heterocycles. The van der Waals surface area contributed by atoms with Gasteiger partial charge in [-0.05, 0) is 36.8 Å². The molecule has 0 aliphatic carbocycles. The number of hydrogen-bond donors (Lipinski definition) is 1. The van der Waals surface area contributed by atoms with Crippen LogP contribution >= 0.6 is 0 Å². The van der Waals surface area contributed by atoms with E-state index in [4.69, 9.17) is 9.47 Å². The molecular weight excluding hydrogens is 372 g/mol. The Labute approximate surface area is 168 Å². The van der Waals surface area contributed by atoms with Crippen molar-refractivity contribution in [1.29, 1.82) is 0 Å². The fourth-order valence-corrected chi connectivity index (χ4v) is 3.42. The first-order chi connectivity index (χ1) is 14.1. The van der Waals surface area contributed by atoms with Crippen LogP contribution in [0.5, 0.6) is 11.5 Å². The highest BCUT2D eigenvalue weighted by Gasteiger charge is 2.35. The van der Waals surface area contributed by atoms with Gasteiger partial charge in [-0.2, -0.15) is 0 Å². The summed E-state index contributed by atoms with van der Waals surface area (Å²) in [6, 6.07) is 12.0. The predicted molar refractivity (Wildman–Crippen MR) is 105 cm³/mol. The van der Waals surface area contributed by atoms with Crippen molar-refractivity contribution in [3.63, 3.8) is 0 Å². The molecule has 7 heteroatoms. The molecule has 150 valence electrons. The molecule has 7 nitrogen and oxygen atoms in total. The quantitative estimate of drug-likeness (QED) is 0.762. The summed E-state index contributed by atoms with van der Waals surface area (Å²) >= 11 is 0. The number of benzene rings is 2. The van der Waals surface area contributed by atoms with Gasteiger partial charge in [0.15, 0.2) is 11.5 Å². The number of ether oxygens (including phenoxy) is 2. The molecule has 0 aromatic heterocycles. The summed E-state index contributed by atoms with van der Waals surface area (Å²) in [5.41, 5.74) is 0.965. The van der Waals surface area contributed by atoms with Crippen molar-refractivity contribution in [3.05, 3.63) is 59.2 Å². The van der Waals surface area contributed by atoms with E-state index < -0.39 is 0 Å². The number of carbonyl (C=O) groups excluding carboxylic acids is 3. The van der Waals surface area contributed by atoms with Crippen LogP contribution in [0.4, 0.5) is 0 Å². The third kappa shape index (κ3) is 3.68. The maximum atomic E-state index is 12.6. The first-order valence-electron chi connectivity index (χ1n) is 9.75. The van der Waals surface area contributed by atoms with Crippen molar-refractivity contribution in [2.75, 3.05) is 19.7 Å². The summed E-state index contributed by atoms with van der Waals surface area (Å²) in [7, 11) is 0. The highest BCUT2D eigenvalue weighted by atomic mass is 16.6. The number of carbonyl (C=O) groups is 3. The third-order valence-corrected chi connectivity index (χ3v) is 5.03. The van der Waals surface area contributed by atoms with Crippen molar-refractivity contribution in [2.45, 2.75) is 25.9 Å². The maximum absolute atomic E-state index is 12.6. The molecule has 2 aromatic carbocycles. The number of fused-ring (bicyclic) bond motifs is 2. The summed E-state index contributed by atoms with van der Waals surface area (Å²) in [5, 5.41) is 2.81. The van der Waals surface area contributed by atoms with Crippen molar-refractivity contribution < 1.29 is 23.9 Å². The highest BCUT2D eigenvalue weighted by Crippen LogP contribution is 2.30. The summed E-state index contributed by atoms with van der Waals surface area (Å²) in [6.45, 7) is 2.99. The number of nitrogens with one attached hydrogen (secondary N) is 1. The first-order valence-corrected chi connectivity index (χ1v) is 9.75. The molecule has 4 rings (SSSR count). The minimum Gasteiger partial charge on any atom is -0.486 e. The van der Waals surface area contributed by atoms with Crippen LogP contribution in [-0.2, 0) is 0 Å². The number of rotatable bonds is 6. The Kier molecular flexibility index (Phi) is 5.20. The molecule has 1 atom stereocenters. The lowest BCUT2D eigenvalue weighted by atomic mass is 10.1. The monoisotopic (exact) mass is 394 g/mol. The zero-order chi connectivity index (χ0) is 20.4. The zero-order valence-electron chi connectivity index (χ0n) is 16.1. The molecule has 2 heterocycles. The second kappa shape index (κ2) is 7.95. The molecule has 0 radical (unpaired) electrons. The molecule has 2 aromatic rings. The van der Waals surface area contributed by atoms with E-state index in [1.807, 2.05) is 31.2 Å². The first kappa shape index (κ1) is 19.0. The minimum absolute atomic E-state index is 0.264. The van der Waals surface area contributed by atoms with Gasteiger partial charge in [0.05, 0.1) is 17.7 Å². The Balaban J connectivity index is 1.40. The molecule has 0 bridgehead atoms. The Morgan fingerprint density at radius 1 is 1.10 bits per heavy atom. The van der Waals surface area contributed by atoms with Crippen LogP contribution < -0.4 is 14.8 Å². The van der Waals surface area contributed by atoms with Crippen LogP contribution in [0.2, 0.25) is 0 Å². The predicted octanol–water partition coefficient (Wildman–Crippen LogP) is 2.65. The minimum atomic E-state index is -0.339. The van der Waals surface area contributed by atoms with Crippen LogP contribution in [0.15, 0.2) is 42.5 Å². The SMILES string of the molecule is CCCCN1C(=O)c2ccc(C(=O)NC[C@@H]3COc4ccccc4O3)cc2C1=O. The average Bonchev–Trinajstić information content (AvgIpc) is 2.99. The second-order valence-corrected chi connectivity index (χ2v) is 7.08. The number of amides is 3. The lowest BCUT2D eigenvalue weighted by molar-refractivity contribution is 0.0652. The standard InChI is InChI=1S/C22H22N2O5/c1-2-3-10-24-21(26)16-9-8-14(11-17(16)22(24)27)20(25)23-12-15-13-28-18-6-4-5-7-19(18)29-15/h4-9,11,15H,2-3,10,12-13H2,1H3,(H,23,25)/t15-/m1/s1. The molecule has 3 amide bonds. The number of imide groups is 1. The molecule has 0 spiro atoms. The van der Waals surface area contributed by atoms with Gasteiger partial charge in [-0.1, -0.05) is 25.5 Å². The van der Waals surface area contributed by atoms with Crippen molar-refractivity contribution in [3.8, 4) is 11.5 Å². The van der Waals surface area contributed by atoms with E-state index in [0.29, 0.717) is 35.8 Å². The van der Waals surface area contributed by atoms with Crippen molar-refractivity contribution in [1.82, 2.24) is 10.2 Å². The number of hydrogen-bond acceptors (Lipinski definition) is 5. The molecule has 0 unspecified atom stereocenters. The summed E-state index contributed by atoms with van der Waals surface area (Å²) < 4.78 is 11.5. The smallest absolute Gasteiger partial charge is 0.261 e. The van der Waals surface area contributed by atoms with Gasteiger partial charge in [-0.15, -0.1) is 0 Å². The van der Waals surface area contributed by atoms with Gasteiger partial charge in [-0.3, -0.25) is 19.3 Å². The van der Waals surface area contributed by atoms with E-state index in [-0.39, 0.29) is 35.9 Å². The Bertz CT molecular complexity index is 971. The van der Waals surface area contributed by atoms with Crippen LogP contribution in [0, 0.1) is 0 Å². The lowest BCUT2D eigenvalue weighted by Gasteiger charge is -2.26. The van der Waals surface area contributed by atoms with E-state index in [1.54, 1.807) is 12.1 Å². The van der Waals surface area contributed by atoms with Crippen molar-refractivity contribution >= 4 is 17.7 Å². The van der Waals surface area contributed by atoms with E-state index in [9.17, 15) is 14.4 Å². The van der Waals surface area contributed by atoms with Gasteiger partial charge < -0.3 is 14.8 Å². The van der Waals surface area contributed by atoms with E-state index in [2.05, 4.69) is 5.32 Å². The Morgan fingerprint density at radius 2 is 1.86 bits per heavy atom. The lowest BCUT2D eigenvalue weighted by Crippen LogP contribution is -2.40. The van der Waals surface area contributed by atoms with Crippen molar-refractivity contribution in [2.24, 2.45) is 0 Å². The third-order valence-electron chi connectivity index (χ3n) is 5.03. The van der Waals surface area contributed by atoms with E-state index in [0.717, 1.165) is 12.8 Å². The summed E-state index contributed by atoms with van der Waals surface area (Å²) in [6.07, 6.45) is 1.33. The normalized spacial score (nSPS) is 17.3. The van der Waals surface area contributed by atoms with Gasteiger partial charge >= 0.3 is 0 Å². The molecule has 2 aliphatic rings. The van der Waals surface area contributed by atoms with Gasteiger partial charge in [0.1, 0.15) is 12.7 Å². The second-order valence-electron chi connectivity index (χ2n) is 7.08. The van der Waals surface area contributed by atoms with Gasteiger partial charge in [-0.25, -0.2) is 0 Å². The number of nitrogens with zero attached hydrogens (tertiary/aromatic N) is 1. The van der Waals surface area contributed by atoms with Crippen LogP contribution in [0.25, 0.3) is 0 Å². The van der Waals surface area contributed by atoms with E-state index in [1.165, 1.54) is 11.0 Å². The highest BCUT2D eigenvalue weighted by molar-refractivity contribution is 6.22. The summed E-state index contributed by atoms with van der Waals surface area (Å²) in [4.78, 5) is 38.8. The molecule has 2 aliphatic heterocycles. The van der Waals surface area contributed by atoms with Crippen LogP contribution in [-0.4, -0.2) is 48.4 Å². The average molecular weight is 394 g/mol. The zero-order valence-corrected chi connectivity index (χ0v) is 16.1. The van der Waals surface area contributed by atoms with Gasteiger partial charge in [0.25, 0.3) is 17.7 Å². The molecule has 0 fully saturated rings. The van der Waals surface area contributed by atoms with E-state index >= 15 is 0 Å². The fourth-order valence-electron chi connectivity index (χ4n) is 3.42. The van der Waals surface area contributed by atoms with Crippen LogP contribution in [0.3, 0.4) is 0 Å². The molecule has 29 heavy (non-hydrogen) atoms. The summed E-state index contributed by atoms with van der Waals surface area (Å²) in [5.74, 6) is 0.365. The largest absolute Gasteiger partial charge is 0.486 e. The van der Waals surface area contributed by atoms with Crippen LogP contribution in [0.1, 0.15) is 50.8 Å². The maximum Gasteiger partial charge on any atom is 0.261 e. The Morgan fingerprint density at radius 3 is 2.66 bits per heavy atom. The number of para-hydroxylation sites is 2. The molecule has 1 N–H and O–H groups in total. The number of unbranched alkanes of at least 4 members (excludes halogenated alkanes) is 1. The fraction of sp³-hybridized carbons (Fsp3) is 0.318. The molecule has 0 saturated carbocycles. The van der Waals surface area contributed by atoms with Gasteiger partial charge in [0.2, 0.25) is 0 Å². The topological polar surface area (TPSA) is 84.9 Å². The molecular formula is C22H22N2O5.